The van der Waals surface area contributed by atoms with Gasteiger partial charge in [0.25, 0.3) is 0 Å². The van der Waals surface area contributed by atoms with Gasteiger partial charge in [0, 0.05) is 36.8 Å². The Kier molecular flexibility index (Phi) is 4.25. The minimum Gasteiger partial charge on any atom is -0.298 e. The molecule has 0 spiro atoms. The first kappa shape index (κ1) is 17.3. The number of aromatic nitrogens is 1. The van der Waals surface area contributed by atoms with E-state index in [2.05, 4.69) is 20.9 Å². The van der Waals surface area contributed by atoms with Gasteiger partial charge in [0.05, 0.1) is 5.69 Å². The van der Waals surface area contributed by atoms with E-state index in [1.54, 1.807) is 12.1 Å². The first-order valence-corrected chi connectivity index (χ1v) is 9.96. The Balaban J connectivity index is 1.51. The Labute approximate surface area is 159 Å². The zero-order valence-electron chi connectivity index (χ0n) is 15.6. The number of nitrogens with zero attached hydrogens (tertiary/aromatic N) is 3. The lowest BCUT2D eigenvalue weighted by Gasteiger charge is -2.51. The largest absolute Gasteiger partial charge is 0.298 e. The maximum atomic E-state index is 14.6. The molecule has 0 amide bonds. The maximum absolute atomic E-state index is 14.6. The van der Waals surface area contributed by atoms with Crippen LogP contribution in [0.1, 0.15) is 35.7 Å². The zero-order chi connectivity index (χ0) is 18.5. The lowest BCUT2D eigenvalue weighted by Crippen LogP contribution is -2.60. The molecule has 6 rings (SSSR count). The van der Waals surface area contributed by atoms with Gasteiger partial charge in [-0.3, -0.25) is 14.8 Å². The summed E-state index contributed by atoms with van der Waals surface area (Å²) < 4.78 is 28.6. The Morgan fingerprint density at radius 3 is 2.59 bits per heavy atom. The molecule has 5 heterocycles. The topological polar surface area (TPSA) is 19.4 Å². The molecule has 4 aliphatic rings. The fraction of sp³-hybridized carbons (Fsp3) is 0.500. The van der Waals surface area contributed by atoms with Crippen molar-refractivity contribution in [2.45, 2.75) is 44.3 Å². The molecule has 2 bridgehead atoms. The van der Waals surface area contributed by atoms with Crippen LogP contribution in [0.25, 0.3) is 0 Å². The van der Waals surface area contributed by atoms with Crippen LogP contribution in [0, 0.1) is 24.5 Å². The predicted molar refractivity (Wildman–Crippen MR) is 100 cm³/mol. The molecule has 5 heteroatoms. The number of likely N-dealkylation sites (tertiary alicyclic amines) is 1. The molecular weight excluding hydrogens is 344 g/mol. The van der Waals surface area contributed by atoms with E-state index in [1.165, 1.54) is 18.9 Å². The fourth-order valence-corrected chi connectivity index (χ4v) is 5.70. The fourth-order valence-electron chi connectivity index (χ4n) is 5.70. The van der Waals surface area contributed by atoms with E-state index in [1.807, 2.05) is 19.1 Å². The van der Waals surface area contributed by atoms with Crippen LogP contribution in [0.5, 0.6) is 0 Å². The summed E-state index contributed by atoms with van der Waals surface area (Å²) in [6, 6.07) is 11.4. The van der Waals surface area contributed by atoms with Gasteiger partial charge >= 0.3 is 0 Å². The molecule has 1 aromatic heterocycles. The molecule has 0 aliphatic carbocycles. The van der Waals surface area contributed by atoms with E-state index >= 15 is 0 Å². The van der Waals surface area contributed by atoms with Crippen LogP contribution in [-0.4, -0.2) is 46.5 Å². The molecule has 0 N–H and O–H groups in total. The minimum atomic E-state index is -0.737. The van der Waals surface area contributed by atoms with Crippen molar-refractivity contribution in [1.29, 1.82) is 0 Å². The molecule has 0 radical (unpaired) electrons. The van der Waals surface area contributed by atoms with Crippen molar-refractivity contribution >= 4 is 0 Å². The number of rotatable bonds is 3. The van der Waals surface area contributed by atoms with Crippen molar-refractivity contribution in [2.75, 3.05) is 19.6 Å². The number of hydrogen-bond donors (Lipinski definition) is 0. The van der Waals surface area contributed by atoms with Gasteiger partial charge in [-0.25, -0.2) is 8.78 Å². The second-order valence-corrected chi connectivity index (χ2v) is 8.30. The van der Waals surface area contributed by atoms with E-state index in [0.29, 0.717) is 17.5 Å². The average Bonchev–Trinajstić information content (AvgIpc) is 3.06. The van der Waals surface area contributed by atoms with Gasteiger partial charge in [-0.1, -0.05) is 18.2 Å². The van der Waals surface area contributed by atoms with Gasteiger partial charge in [-0.2, -0.15) is 0 Å². The summed E-state index contributed by atoms with van der Waals surface area (Å²) >= 11 is 0. The highest BCUT2D eigenvalue weighted by atomic mass is 19.2. The first-order valence-electron chi connectivity index (χ1n) is 9.96. The summed E-state index contributed by atoms with van der Waals surface area (Å²) in [5, 5.41) is 0. The summed E-state index contributed by atoms with van der Waals surface area (Å²) in [6.45, 7) is 5.71. The third-order valence-electron chi connectivity index (χ3n) is 6.79. The summed E-state index contributed by atoms with van der Waals surface area (Å²) in [5.74, 6) is -0.747. The SMILES string of the molecule is Cc1cccc(CN2C[C@@H](c3cccc(F)c3F)[C@@H]3[C@H]2C2CCN3CC2)n1. The highest BCUT2D eigenvalue weighted by Crippen LogP contribution is 2.47. The van der Waals surface area contributed by atoms with Crippen molar-refractivity contribution in [3.05, 3.63) is 65.0 Å². The molecule has 3 atom stereocenters. The van der Waals surface area contributed by atoms with Gasteiger partial charge in [0.2, 0.25) is 0 Å². The van der Waals surface area contributed by atoms with Gasteiger partial charge in [-0.15, -0.1) is 0 Å². The predicted octanol–water partition coefficient (Wildman–Crippen LogP) is 3.73. The van der Waals surface area contributed by atoms with Crippen molar-refractivity contribution in [2.24, 2.45) is 5.92 Å². The Bertz CT molecular complexity index is 847. The van der Waals surface area contributed by atoms with Crippen molar-refractivity contribution < 1.29 is 8.78 Å². The molecular formula is C22H25F2N3. The molecule has 3 nitrogen and oxygen atoms in total. The van der Waals surface area contributed by atoms with E-state index in [9.17, 15) is 8.78 Å². The maximum Gasteiger partial charge on any atom is 0.162 e. The second-order valence-electron chi connectivity index (χ2n) is 8.30. The lowest BCUT2D eigenvalue weighted by molar-refractivity contribution is -0.00917. The van der Waals surface area contributed by atoms with Crippen LogP contribution in [0.3, 0.4) is 0 Å². The van der Waals surface area contributed by atoms with Crippen LogP contribution < -0.4 is 0 Å². The molecule has 4 fully saturated rings. The van der Waals surface area contributed by atoms with E-state index in [-0.39, 0.29) is 12.0 Å². The molecule has 4 aliphatic heterocycles. The third kappa shape index (κ3) is 2.88. The van der Waals surface area contributed by atoms with Gasteiger partial charge < -0.3 is 0 Å². The van der Waals surface area contributed by atoms with E-state index in [0.717, 1.165) is 37.6 Å². The Morgan fingerprint density at radius 2 is 1.81 bits per heavy atom. The van der Waals surface area contributed by atoms with Crippen LogP contribution in [0.4, 0.5) is 8.78 Å². The highest BCUT2D eigenvalue weighted by Gasteiger charge is 2.53. The Morgan fingerprint density at radius 1 is 1.04 bits per heavy atom. The van der Waals surface area contributed by atoms with E-state index < -0.39 is 11.6 Å². The van der Waals surface area contributed by atoms with Crippen LogP contribution in [0.2, 0.25) is 0 Å². The molecule has 27 heavy (non-hydrogen) atoms. The number of piperidine rings is 3. The molecule has 142 valence electrons. The quantitative estimate of drug-likeness (QED) is 0.822. The van der Waals surface area contributed by atoms with Crippen LogP contribution in [0.15, 0.2) is 36.4 Å². The molecule has 2 aromatic rings. The Hall–Kier alpha value is -1.85. The second kappa shape index (κ2) is 6.64. The first-order chi connectivity index (χ1) is 13.1. The third-order valence-corrected chi connectivity index (χ3v) is 6.79. The van der Waals surface area contributed by atoms with Crippen LogP contribution >= 0.6 is 0 Å². The van der Waals surface area contributed by atoms with Gasteiger partial charge in [0.1, 0.15) is 0 Å². The minimum absolute atomic E-state index is 0.0126. The molecule has 0 saturated carbocycles. The molecule has 4 saturated heterocycles. The number of aryl methyl sites for hydroxylation is 1. The normalized spacial score (nSPS) is 32.6. The summed E-state index contributed by atoms with van der Waals surface area (Å²) in [7, 11) is 0. The number of pyridine rings is 1. The van der Waals surface area contributed by atoms with Crippen molar-refractivity contribution in [3.63, 3.8) is 0 Å². The monoisotopic (exact) mass is 369 g/mol. The smallest absolute Gasteiger partial charge is 0.162 e. The lowest BCUT2D eigenvalue weighted by atomic mass is 9.75. The van der Waals surface area contributed by atoms with Crippen molar-refractivity contribution in [1.82, 2.24) is 14.8 Å². The van der Waals surface area contributed by atoms with E-state index in [4.69, 9.17) is 0 Å². The standard InChI is InChI=1S/C22H25F2N3/c1-14-4-2-5-16(25-14)12-27-13-18(17-6-3-7-19(23)20(17)24)22-21(27)15-8-10-26(22)11-9-15/h2-7,15,18,21-22H,8-13H2,1H3/t18-,21+,22+/m0/s1. The number of hydrogen-bond acceptors (Lipinski definition) is 3. The van der Waals surface area contributed by atoms with Gasteiger partial charge in [-0.05, 0) is 62.5 Å². The van der Waals surface area contributed by atoms with Crippen molar-refractivity contribution in [3.8, 4) is 0 Å². The summed E-state index contributed by atoms with van der Waals surface area (Å²) in [4.78, 5) is 9.68. The summed E-state index contributed by atoms with van der Waals surface area (Å²) in [5.41, 5.74) is 2.62. The molecule has 1 aromatic carbocycles. The number of halogens is 2. The average molecular weight is 369 g/mol. The van der Waals surface area contributed by atoms with Gasteiger partial charge in [0.15, 0.2) is 11.6 Å². The van der Waals surface area contributed by atoms with Crippen LogP contribution in [-0.2, 0) is 6.54 Å². The highest BCUT2D eigenvalue weighted by molar-refractivity contribution is 5.29. The number of benzene rings is 1. The summed E-state index contributed by atoms with van der Waals surface area (Å²) in [6.07, 6.45) is 2.41. The number of fused-ring (bicyclic) bond motifs is 2. The molecule has 0 unspecified atom stereocenters. The zero-order valence-corrected chi connectivity index (χ0v) is 15.6.